The Morgan fingerprint density at radius 1 is 1.50 bits per heavy atom. The van der Waals surface area contributed by atoms with Crippen molar-refractivity contribution in [1.29, 1.82) is 0 Å². The van der Waals surface area contributed by atoms with Crippen molar-refractivity contribution in [3.05, 3.63) is 33.3 Å². The van der Waals surface area contributed by atoms with Crippen molar-refractivity contribution in [3.8, 4) is 0 Å². The Balaban J connectivity index is 2.81. The third-order valence-electron chi connectivity index (χ3n) is 2.18. The molecule has 0 amide bonds. The predicted molar refractivity (Wildman–Crippen MR) is 70.4 cm³/mol. The number of nitrogens with two attached hydrogens (primary N) is 1. The average Bonchev–Trinajstić information content (AvgIpc) is 2.17. The molecule has 0 aromatic heterocycles. The lowest BCUT2D eigenvalue weighted by Gasteiger charge is -2.13. The summed E-state index contributed by atoms with van der Waals surface area (Å²) < 4.78 is 22.8. The molecule has 0 fully saturated rings. The van der Waals surface area contributed by atoms with Crippen LogP contribution < -0.4 is 5.73 Å². The molecule has 1 aromatic rings. The molecule has 0 aliphatic carbocycles. The molecule has 0 bridgehead atoms. The highest BCUT2D eigenvalue weighted by atomic mass is 79.9. The van der Waals surface area contributed by atoms with E-state index in [1.165, 1.54) is 6.26 Å². The minimum absolute atomic E-state index is 0.0665. The summed E-state index contributed by atoms with van der Waals surface area (Å²) in [5, 5.41) is 0.545. The first-order valence-corrected chi connectivity index (χ1v) is 7.91. The van der Waals surface area contributed by atoms with Gasteiger partial charge in [0.05, 0.1) is 10.8 Å². The fraction of sp³-hybridized carbons (Fsp3) is 0.400. The molecule has 1 atom stereocenters. The molecule has 0 aliphatic heterocycles. The van der Waals surface area contributed by atoms with Crippen LogP contribution in [0.5, 0.6) is 0 Å². The second-order valence-corrected chi connectivity index (χ2v) is 7.16. The largest absolute Gasteiger partial charge is 0.324 e. The summed E-state index contributed by atoms with van der Waals surface area (Å²) in [6.07, 6.45) is 1.57. The van der Waals surface area contributed by atoms with Crippen molar-refractivity contribution < 1.29 is 8.42 Å². The first-order valence-electron chi connectivity index (χ1n) is 4.68. The number of hydrogen-bond donors (Lipinski definition) is 1. The van der Waals surface area contributed by atoms with Crippen LogP contribution in [0, 0.1) is 0 Å². The zero-order valence-electron chi connectivity index (χ0n) is 8.78. The predicted octanol–water partition coefficient (Wildman–Crippen LogP) is 2.54. The molecule has 1 aromatic carbocycles. The molecule has 6 heteroatoms. The van der Waals surface area contributed by atoms with Gasteiger partial charge >= 0.3 is 0 Å². The van der Waals surface area contributed by atoms with Gasteiger partial charge in [-0.25, -0.2) is 8.42 Å². The maximum Gasteiger partial charge on any atom is 0.147 e. The second-order valence-electron chi connectivity index (χ2n) is 3.67. The zero-order valence-corrected chi connectivity index (χ0v) is 11.9. The third-order valence-corrected chi connectivity index (χ3v) is 4.47. The van der Waals surface area contributed by atoms with E-state index in [1.807, 2.05) is 12.1 Å². The molecule has 90 valence electrons. The molecule has 3 nitrogen and oxygen atoms in total. The van der Waals surface area contributed by atoms with Crippen molar-refractivity contribution in [1.82, 2.24) is 0 Å². The number of hydrogen-bond acceptors (Lipinski definition) is 3. The fourth-order valence-electron chi connectivity index (χ4n) is 1.30. The lowest BCUT2D eigenvalue weighted by molar-refractivity contribution is 0.591. The lowest BCUT2D eigenvalue weighted by Crippen LogP contribution is -2.16. The SMILES string of the molecule is CS(=O)(=O)CCC(N)c1cccc(Br)c1Cl. The molecule has 0 heterocycles. The molecular weight excluding hydrogens is 314 g/mol. The smallest absolute Gasteiger partial charge is 0.147 e. The van der Waals surface area contributed by atoms with Crippen molar-refractivity contribution in [2.75, 3.05) is 12.0 Å². The highest BCUT2D eigenvalue weighted by Crippen LogP contribution is 2.30. The molecular formula is C10H13BrClNO2S. The molecule has 16 heavy (non-hydrogen) atoms. The number of benzene rings is 1. The van der Waals surface area contributed by atoms with E-state index in [0.29, 0.717) is 11.4 Å². The summed E-state index contributed by atoms with van der Waals surface area (Å²) >= 11 is 9.36. The van der Waals surface area contributed by atoms with Gasteiger partial charge in [-0.3, -0.25) is 0 Å². The zero-order chi connectivity index (χ0) is 12.3. The van der Waals surface area contributed by atoms with Crippen LogP contribution in [0.1, 0.15) is 18.0 Å². The number of sulfone groups is 1. The van der Waals surface area contributed by atoms with E-state index in [2.05, 4.69) is 15.9 Å². The Hall–Kier alpha value is -0.100. The van der Waals surface area contributed by atoms with Crippen LogP contribution in [0.4, 0.5) is 0 Å². The minimum Gasteiger partial charge on any atom is -0.324 e. The van der Waals surface area contributed by atoms with Crippen molar-refractivity contribution in [2.45, 2.75) is 12.5 Å². The molecule has 1 rings (SSSR count). The van der Waals surface area contributed by atoms with Gasteiger partial charge in [-0.1, -0.05) is 23.7 Å². The minimum atomic E-state index is -2.98. The number of halogens is 2. The quantitative estimate of drug-likeness (QED) is 0.925. The Morgan fingerprint density at radius 3 is 2.69 bits per heavy atom. The van der Waals surface area contributed by atoms with E-state index >= 15 is 0 Å². The molecule has 1 unspecified atom stereocenters. The van der Waals surface area contributed by atoms with E-state index in [0.717, 1.165) is 10.0 Å². The van der Waals surface area contributed by atoms with E-state index in [9.17, 15) is 8.42 Å². The van der Waals surface area contributed by atoms with Crippen LogP contribution >= 0.6 is 27.5 Å². The highest BCUT2D eigenvalue weighted by molar-refractivity contribution is 9.10. The van der Waals surface area contributed by atoms with Gasteiger partial charge in [-0.15, -0.1) is 0 Å². The van der Waals surface area contributed by atoms with Gasteiger partial charge in [-0.2, -0.15) is 0 Å². The Labute approximate surface area is 109 Å². The molecule has 0 spiro atoms. The van der Waals surface area contributed by atoms with Crippen LogP contribution in [0.2, 0.25) is 5.02 Å². The third kappa shape index (κ3) is 4.05. The van der Waals surface area contributed by atoms with Crippen molar-refractivity contribution >= 4 is 37.4 Å². The Bertz CT molecular complexity index is 476. The van der Waals surface area contributed by atoms with Crippen LogP contribution in [0.25, 0.3) is 0 Å². The monoisotopic (exact) mass is 325 g/mol. The summed E-state index contributed by atoms with van der Waals surface area (Å²) in [7, 11) is -2.98. The van der Waals surface area contributed by atoms with E-state index < -0.39 is 9.84 Å². The first-order chi connectivity index (χ1) is 7.31. The lowest BCUT2D eigenvalue weighted by atomic mass is 10.1. The van der Waals surface area contributed by atoms with E-state index in [-0.39, 0.29) is 11.8 Å². The van der Waals surface area contributed by atoms with Crippen LogP contribution in [0.15, 0.2) is 22.7 Å². The number of rotatable bonds is 4. The summed E-state index contributed by atoms with van der Waals surface area (Å²) in [5.41, 5.74) is 6.67. The van der Waals surface area contributed by atoms with Crippen LogP contribution in [0.3, 0.4) is 0 Å². The van der Waals surface area contributed by atoms with Gasteiger partial charge in [0.2, 0.25) is 0 Å². The van der Waals surface area contributed by atoms with Gasteiger partial charge in [0.15, 0.2) is 0 Å². The van der Waals surface area contributed by atoms with Gasteiger partial charge in [0.1, 0.15) is 9.84 Å². The van der Waals surface area contributed by atoms with Crippen LogP contribution in [-0.4, -0.2) is 20.4 Å². The highest BCUT2D eigenvalue weighted by Gasteiger charge is 2.14. The topological polar surface area (TPSA) is 60.2 Å². The fourth-order valence-corrected chi connectivity index (χ4v) is 2.63. The summed E-state index contributed by atoms with van der Waals surface area (Å²) in [6, 6.07) is 5.08. The summed E-state index contributed by atoms with van der Waals surface area (Å²) in [6.45, 7) is 0. The van der Waals surface area contributed by atoms with Gasteiger partial charge in [-0.05, 0) is 34.0 Å². The summed E-state index contributed by atoms with van der Waals surface area (Å²) in [5.74, 6) is 0.0665. The maximum atomic E-state index is 11.0. The molecule has 0 saturated carbocycles. The normalized spacial score (nSPS) is 13.8. The Kier molecular flexibility index (Phi) is 4.79. The molecule has 0 saturated heterocycles. The average molecular weight is 327 g/mol. The Morgan fingerprint density at radius 2 is 2.12 bits per heavy atom. The second kappa shape index (κ2) is 5.49. The maximum absolute atomic E-state index is 11.0. The van der Waals surface area contributed by atoms with Crippen molar-refractivity contribution in [2.24, 2.45) is 5.73 Å². The van der Waals surface area contributed by atoms with Gasteiger partial charge < -0.3 is 5.73 Å². The molecule has 0 aliphatic rings. The molecule has 2 N–H and O–H groups in total. The van der Waals surface area contributed by atoms with Crippen LogP contribution in [-0.2, 0) is 9.84 Å². The van der Waals surface area contributed by atoms with Gasteiger partial charge in [0.25, 0.3) is 0 Å². The van der Waals surface area contributed by atoms with Crippen molar-refractivity contribution in [3.63, 3.8) is 0 Å². The van der Waals surface area contributed by atoms with E-state index in [4.69, 9.17) is 17.3 Å². The van der Waals surface area contributed by atoms with E-state index in [1.54, 1.807) is 6.07 Å². The van der Waals surface area contributed by atoms with Gasteiger partial charge in [0, 0.05) is 16.8 Å². The molecule has 0 radical (unpaired) electrons. The summed E-state index contributed by atoms with van der Waals surface area (Å²) in [4.78, 5) is 0. The first kappa shape index (κ1) is 14.0. The standard InChI is InChI=1S/C10H13BrClNO2S/c1-16(14,15)6-5-9(13)7-3-2-4-8(11)10(7)12/h2-4,9H,5-6,13H2,1H3.